The maximum absolute atomic E-state index is 15.3. The second-order valence-corrected chi connectivity index (χ2v) is 14.4. The third kappa shape index (κ3) is 10.4. The molecule has 2 aromatic carbocycles. The lowest BCUT2D eigenvalue weighted by Crippen LogP contribution is -2.54. The van der Waals surface area contributed by atoms with Gasteiger partial charge in [0.2, 0.25) is 5.76 Å². The number of carboxylic acid groups (broad SMARTS) is 1. The standard InChI is InChI=1S/C38H40F7N5O8/c1-22-32(48-16-14-47(15-17-48)19-24-12-13-29(57-24)38(43,44)45)33(53)50(35(55)49(22)20-25-26(37(40,41)42)9-7-10-27(25)39)30(46-34(54)58-36(2,3)4)18-23-8-5-6-11-28(23)56-21-31(51)52/h5-13,30H,14-21H2,1-4H3,(H,46,54)(H,51,52)/t30-/m1/s1. The van der Waals surface area contributed by atoms with Gasteiger partial charge in [-0.25, -0.2) is 23.3 Å². The van der Waals surface area contributed by atoms with Crippen molar-refractivity contribution in [3.8, 4) is 5.75 Å². The Balaban J connectivity index is 1.64. The number of amides is 1. The fourth-order valence-electron chi connectivity index (χ4n) is 6.50. The van der Waals surface area contributed by atoms with Crippen LogP contribution in [0.15, 0.2) is 68.6 Å². The van der Waals surface area contributed by atoms with Crippen LogP contribution >= 0.6 is 0 Å². The second-order valence-electron chi connectivity index (χ2n) is 14.4. The van der Waals surface area contributed by atoms with Crippen molar-refractivity contribution < 1.29 is 59.3 Å². The SMILES string of the molecule is Cc1c(N2CCN(Cc3ccc(C(F)(F)F)o3)CC2)c(=O)n([C@H](Cc2ccccc2OCC(=O)O)NC(=O)OC(C)(C)C)c(=O)n1Cc1c(F)cccc1C(F)(F)F. The fourth-order valence-corrected chi connectivity index (χ4v) is 6.50. The lowest BCUT2D eigenvalue weighted by Gasteiger charge is -2.37. The number of furan rings is 1. The molecule has 0 saturated carbocycles. The molecule has 20 heteroatoms. The molecule has 0 spiro atoms. The zero-order chi connectivity index (χ0) is 42.7. The van der Waals surface area contributed by atoms with Crippen LogP contribution in [0.2, 0.25) is 0 Å². The van der Waals surface area contributed by atoms with Gasteiger partial charge in [0, 0.05) is 43.9 Å². The van der Waals surface area contributed by atoms with Crippen molar-refractivity contribution in [1.82, 2.24) is 19.4 Å². The molecule has 1 atom stereocenters. The molecule has 1 fully saturated rings. The molecule has 1 saturated heterocycles. The largest absolute Gasteiger partial charge is 0.482 e. The Kier molecular flexibility index (Phi) is 12.7. The third-order valence-corrected chi connectivity index (χ3v) is 9.09. The monoisotopic (exact) mass is 827 g/mol. The number of benzene rings is 2. The van der Waals surface area contributed by atoms with Gasteiger partial charge >= 0.3 is 30.1 Å². The molecule has 0 radical (unpaired) electrons. The van der Waals surface area contributed by atoms with E-state index in [1.165, 1.54) is 42.2 Å². The average molecular weight is 828 g/mol. The molecule has 1 aliphatic rings. The van der Waals surface area contributed by atoms with E-state index in [2.05, 4.69) is 5.32 Å². The Hall–Kier alpha value is -5.79. The number of aromatic nitrogens is 2. The van der Waals surface area contributed by atoms with Crippen LogP contribution in [0.1, 0.15) is 60.8 Å². The molecule has 58 heavy (non-hydrogen) atoms. The summed E-state index contributed by atoms with van der Waals surface area (Å²) in [5.74, 6) is -3.73. The number of ether oxygens (including phenoxy) is 2. The number of rotatable bonds is 12. The fraction of sp³-hybridized carbons (Fsp3) is 0.421. The van der Waals surface area contributed by atoms with Gasteiger partial charge in [-0.05, 0) is 63.6 Å². The number of carbonyl (C=O) groups is 2. The van der Waals surface area contributed by atoms with Crippen LogP contribution < -0.4 is 26.2 Å². The molecule has 3 heterocycles. The van der Waals surface area contributed by atoms with E-state index in [0.717, 1.165) is 22.8 Å². The maximum Gasteiger partial charge on any atom is 0.449 e. The molecular formula is C38H40F7N5O8. The van der Waals surface area contributed by atoms with Gasteiger partial charge in [-0.2, -0.15) is 26.3 Å². The van der Waals surface area contributed by atoms with Gasteiger partial charge in [0.25, 0.3) is 5.56 Å². The van der Waals surface area contributed by atoms with Gasteiger partial charge < -0.3 is 29.2 Å². The number of aliphatic carboxylic acids is 1. The van der Waals surface area contributed by atoms with Crippen molar-refractivity contribution in [1.29, 1.82) is 0 Å². The summed E-state index contributed by atoms with van der Waals surface area (Å²) in [4.78, 5) is 57.1. The summed E-state index contributed by atoms with van der Waals surface area (Å²) in [5.41, 5.74) is -5.70. The number of para-hydroxylation sites is 1. The average Bonchev–Trinajstić information content (AvgIpc) is 3.59. The third-order valence-electron chi connectivity index (χ3n) is 9.09. The first kappa shape index (κ1) is 43.3. The van der Waals surface area contributed by atoms with Gasteiger partial charge in [0.15, 0.2) is 6.61 Å². The number of anilines is 1. The molecule has 0 bridgehead atoms. The summed E-state index contributed by atoms with van der Waals surface area (Å²) >= 11 is 0. The quantitative estimate of drug-likeness (QED) is 0.159. The molecule has 314 valence electrons. The molecule has 1 aliphatic heterocycles. The van der Waals surface area contributed by atoms with Crippen LogP contribution in [0.25, 0.3) is 0 Å². The minimum Gasteiger partial charge on any atom is -0.482 e. The van der Waals surface area contributed by atoms with Crippen LogP contribution in [-0.4, -0.2) is 69.6 Å². The van der Waals surface area contributed by atoms with Crippen molar-refractivity contribution in [3.63, 3.8) is 0 Å². The minimum atomic E-state index is -5.04. The van der Waals surface area contributed by atoms with Crippen molar-refractivity contribution >= 4 is 17.7 Å². The molecule has 2 aromatic heterocycles. The highest BCUT2D eigenvalue weighted by Crippen LogP contribution is 2.34. The minimum absolute atomic E-state index is 0.0119. The number of nitrogens with one attached hydrogen (secondary N) is 1. The first-order valence-corrected chi connectivity index (χ1v) is 17.8. The van der Waals surface area contributed by atoms with Gasteiger partial charge in [-0.15, -0.1) is 0 Å². The molecule has 1 amide bonds. The maximum atomic E-state index is 15.3. The lowest BCUT2D eigenvalue weighted by molar-refractivity contribution is -0.153. The summed E-state index contributed by atoms with van der Waals surface area (Å²) in [6.07, 6.45) is -12.9. The number of carbonyl (C=O) groups excluding carboxylic acids is 1. The topological polar surface area (TPSA) is 148 Å². The molecule has 2 N–H and O–H groups in total. The lowest BCUT2D eigenvalue weighted by atomic mass is 10.1. The van der Waals surface area contributed by atoms with Crippen molar-refractivity contribution in [3.05, 3.63) is 115 Å². The van der Waals surface area contributed by atoms with E-state index >= 15 is 4.39 Å². The van der Waals surface area contributed by atoms with Crippen LogP contribution in [0, 0.1) is 12.7 Å². The number of halogens is 7. The number of hydrogen-bond donors (Lipinski definition) is 2. The van der Waals surface area contributed by atoms with E-state index in [1.807, 2.05) is 0 Å². The van der Waals surface area contributed by atoms with Crippen LogP contribution in [0.4, 0.5) is 41.2 Å². The highest BCUT2D eigenvalue weighted by molar-refractivity contribution is 5.69. The summed E-state index contributed by atoms with van der Waals surface area (Å²) in [7, 11) is 0. The van der Waals surface area contributed by atoms with Crippen LogP contribution in [0.5, 0.6) is 5.75 Å². The van der Waals surface area contributed by atoms with E-state index in [0.29, 0.717) is 10.6 Å². The van der Waals surface area contributed by atoms with E-state index in [4.69, 9.17) is 13.9 Å². The molecule has 0 aliphatic carbocycles. The predicted molar refractivity (Wildman–Crippen MR) is 193 cm³/mol. The molecule has 5 rings (SSSR count). The molecular weight excluding hydrogens is 787 g/mol. The number of piperazine rings is 1. The predicted octanol–water partition coefficient (Wildman–Crippen LogP) is 6.19. The smallest absolute Gasteiger partial charge is 0.449 e. The van der Waals surface area contributed by atoms with E-state index < -0.39 is 89.7 Å². The summed E-state index contributed by atoms with van der Waals surface area (Å²) < 4.78 is 114. The highest BCUT2D eigenvalue weighted by atomic mass is 19.4. The second kappa shape index (κ2) is 17.0. The first-order valence-electron chi connectivity index (χ1n) is 17.8. The summed E-state index contributed by atoms with van der Waals surface area (Å²) in [6, 6.07) is 10.2. The zero-order valence-corrected chi connectivity index (χ0v) is 31.7. The Bertz CT molecular complexity index is 2250. The van der Waals surface area contributed by atoms with Crippen LogP contribution in [0.3, 0.4) is 0 Å². The van der Waals surface area contributed by atoms with Crippen molar-refractivity contribution in [2.24, 2.45) is 0 Å². The Labute approximate surface area is 326 Å². The Morgan fingerprint density at radius 2 is 1.57 bits per heavy atom. The molecule has 13 nitrogen and oxygen atoms in total. The number of alkyl halides is 6. The van der Waals surface area contributed by atoms with Crippen molar-refractivity contribution in [2.75, 3.05) is 37.7 Å². The Morgan fingerprint density at radius 3 is 2.17 bits per heavy atom. The van der Waals surface area contributed by atoms with E-state index in [1.54, 1.807) is 25.7 Å². The number of nitrogens with zero attached hydrogens (tertiary/aromatic N) is 4. The van der Waals surface area contributed by atoms with Gasteiger partial charge in [0.1, 0.15) is 34.8 Å². The van der Waals surface area contributed by atoms with Gasteiger partial charge in [-0.1, -0.05) is 24.3 Å². The van der Waals surface area contributed by atoms with Gasteiger partial charge in [-0.3, -0.25) is 14.3 Å². The summed E-state index contributed by atoms with van der Waals surface area (Å²) in [5, 5.41) is 11.7. The van der Waals surface area contributed by atoms with Crippen LogP contribution in [-0.2, 0) is 41.4 Å². The molecule has 0 unspecified atom stereocenters. The molecule has 4 aromatic rings. The number of hydrogen-bond acceptors (Lipinski definition) is 9. The van der Waals surface area contributed by atoms with E-state index in [-0.39, 0.29) is 61.2 Å². The van der Waals surface area contributed by atoms with Gasteiger partial charge in [0.05, 0.1) is 18.7 Å². The first-order chi connectivity index (χ1) is 27.0. The van der Waals surface area contributed by atoms with Crippen molar-refractivity contribution in [2.45, 2.75) is 71.3 Å². The highest BCUT2D eigenvalue weighted by Gasteiger charge is 2.37. The summed E-state index contributed by atoms with van der Waals surface area (Å²) in [6.45, 7) is 4.52. The zero-order valence-electron chi connectivity index (χ0n) is 31.7. The number of alkyl carbamates (subject to hydrolysis) is 1. The normalized spacial score (nSPS) is 14.6. The van der Waals surface area contributed by atoms with E-state index in [9.17, 15) is 50.6 Å². The number of carboxylic acids is 1. The Morgan fingerprint density at radius 1 is 0.897 bits per heavy atom.